The molecule has 0 spiro atoms. The highest BCUT2D eigenvalue weighted by molar-refractivity contribution is 4.75. The fourth-order valence-corrected chi connectivity index (χ4v) is 2.01. The third-order valence-corrected chi connectivity index (χ3v) is 2.95. The summed E-state index contributed by atoms with van der Waals surface area (Å²) >= 11 is 0. The summed E-state index contributed by atoms with van der Waals surface area (Å²) in [7, 11) is 1.76. The van der Waals surface area contributed by atoms with Crippen LogP contribution in [0.5, 0.6) is 0 Å². The smallest absolute Gasteiger partial charge is 0.0474 e. The van der Waals surface area contributed by atoms with E-state index in [0.717, 1.165) is 25.5 Å². The molecule has 1 fully saturated rings. The number of hydrogen-bond donors (Lipinski definition) is 1. The van der Waals surface area contributed by atoms with Crippen molar-refractivity contribution < 1.29 is 4.74 Å². The third-order valence-electron chi connectivity index (χ3n) is 2.95. The van der Waals surface area contributed by atoms with Crippen LogP contribution in [0.2, 0.25) is 0 Å². The van der Waals surface area contributed by atoms with Crippen LogP contribution in [0.3, 0.4) is 0 Å². The number of nitrogens with one attached hydrogen (secondary N) is 1. The van der Waals surface area contributed by atoms with Crippen molar-refractivity contribution in [1.82, 2.24) is 10.2 Å². The Balaban J connectivity index is 1.92. The predicted molar refractivity (Wildman–Crippen MR) is 59.6 cm³/mol. The Morgan fingerprint density at radius 1 is 1.50 bits per heavy atom. The lowest BCUT2D eigenvalue weighted by atomic mass is 10.1. The topological polar surface area (TPSA) is 24.5 Å². The SMILES string of the molecule is CCN1CCC(CNCCCOC)C1. The van der Waals surface area contributed by atoms with Gasteiger partial charge in [-0.15, -0.1) is 0 Å². The standard InChI is InChI=1S/C11H24N2O/c1-3-13-7-5-11(10-13)9-12-6-4-8-14-2/h11-12H,3-10H2,1-2H3. The Labute approximate surface area is 87.8 Å². The number of methoxy groups -OCH3 is 1. The summed E-state index contributed by atoms with van der Waals surface area (Å²) in [6.07, 6.45) is 2.49. The molecule has 0 aliphatic carbocycles. The normalized spacial score (nSPS) is 23.1. The van der Waals surface area contributed by atoms with Gasteiger partial charge in [0.05, 0.1) is 0 Å². The lowest BCUT2D eigenvalue weighted by Gasteiger charge is -2.13. The van der Waals surface area contributed by atoms with Crippen molar-refractivity contribution in [3.63, 3.8) is 0 Å². The van der Waals surface area contributed by atoms with E-state index in [1.54, 1.807) is 7.11 Å². The molecule has 0 radical (unpaired) electrons. The average Bonchev–Trinajstić information content (AvgIpc) is 2.65. The van der Waals surface area contributed by atoms with Crippen LogP contribution < -0.4 is 5.32 Å². The maximum absolute atomic E-state index is 5.00. The molecule has 0 aromatic heterocycles. The van der Waals surface area contributed by atoms with Crippen molar-refractivity contribution in [1.29, 1.82) is 0 Å². The highest BCUT2D eigenvalue weighted by Crippen LogP contribution is 2.14. The minimum absolute atomic E-state index is 0.873. The zero-order valence-electron chi connectivity index (χ0n) is 9.59. The highest BCUT2D eigenvalue weighted by atomic mass is 16.5. The lowest BCUT2D eigenvalue weighted by Crippen LogP contribution is -2.27. The average molecular weight is 200 g/mol. The fourth-order valence-electron chi connectivity index (χ4n) is 2.01. The first kappa shape index (κ1) is 12.0. The number of ether oxygens (including phenoxy) is 1. The van der Waals surface area contributed by atoms with E-state index in [0.29, 0.717) is 0 Å². The predicted octanol–water partition coefficient (Wildman–Crippen LogP) is 0.954. The molecule has 1 aliphatic heterocycles. The van der Waals surface area contributed by atoms with Gasteiger partial charge in [-0.2, -0.15) is 0 Å². The van der Waals surface area contributed by atoms with Crippen LogP contribution in [0.25, 0.3) is 0 Å². The Bertz CT molecular complexity index is 141. The van der Waals surface area contributed by atoms with Crippen LogP contribution in [0.1, 0.15) is 19.8 Å². The highest BCUT2D eigenvalue weighted by Gasteiger charge is 2.19. The van der Waals surface area contributed by atoms with Gasteiger partial charge < -0.3 is 15.0 Å². The second-order valence-corrected chi connectivity index (χ2v) is 4.10. The molecule has 1 saturated heterocycles. The molecular formula is C11H24N2O. The first-order valence-corrected chi connectivity index (χ1v) is 5.78. The van der Waals surface area contributed by atoms with Crippen LogP contribution >= 0.6 is 0 Å². The Kier molecular flexibility index (Phi) is 6.15. The largest absolute Gasteiger partial charge is 0.385 e. The van der Waals surface area contributed by atoms with E-state index >= 15 is 0 Å². The van der Waals surface area contributed by atoms with E-state index in [2.05, 4.69) is 17.1 Å². The first-order chi connectivity index (χ1) is 6.86. The Hall–Kier alpha value is -0.120. The van der Waals surface area contributed by atoms with Crippen LogP contribution in [0.15, 0.2) is 0 Å². The summed E-state index contributed by atoms with van der Waals surface area (Å²) in [6, 6.07) is 0. The van der Waals surface area contributed by atoms with Gasteiger partial charge in [0.1, 0.15) is 0 Å². The minimum Gasteiger partial charge on any atom is -0.385 e. The first-order valence-electron chi connectivity index (χ1n) is 5.78. The van der Waals surface area contributed by atoms with Gasteiger partial charge in [0, 0.05) is 20.3 Å². The molecule has 3 heteroatoms. The molecule has 1 aliphatic rings. The van der Waals surface area contributed by atoms with Crippen LogP contribution in [-0.2, 0) is 4.74 Å². The van der Waals surface area contributed by atoms with E-state index in [1.165, 1.54) is 32.6 Å². The molecule has 0 aromatic carbocycles. The van der Waals surface area contributed by atoms with Crippen molar-refractivity contribution in [2.24, 2.45) is 5.92 Å². The van der Waals surface area contributed by atoms with Crippen molar-refractivity contribution in [2.75, 3.05) is 46.4 Å². The summed E-state index contributed by atoms with van der Waals surface area (Å²) in [5, 5.41) is 3.50. The van der Waals surface area contributed by atoms with Crippen molar-refractivity contribution in [3.05, 3.63) is 0 Å². The molecule has 0 bridgehead atoms. The third kappa shape index (κ3) is 4.40. The zero-order chi connectivity index (χ0) is 10.2. The van der Waals surface area contributed by atoms with Crippen molar-refractivity contribution in [3.8, 4) is 0 Å². The van der Waals surface area contributed by atoms with E-state index in [4.69, 9.17) is 4.74 Å². The van der Waals surface area contributed by atoms with Crippen molar-refractivity contribution >= 4 is 0 Å². The molecule has 0 aromatic rings. The molecule has 0 saturated carbocycles. The molecule has 3 nitrogen and oxygen atoms in total. The Morgan fingerprint density at radius 3 is 3.00 bits per heavy atom. The summed E-state index contributed by atoms with van der Waals surface area (Å²) < 4.78 is 5.00. The summed E-state index contributed by atoms with van der Waals surface area (Å²) in [4.78, 5) is 2.53. The van der Waals surface area contributed by atoms with Crippen LogP contribution in [0, 0.1) is 5.92 Å². The quantitative estimate of drug-likeness (QED) is 0.619. The van der Waals surface area contributed by atoms with E-state index in [9.17, 15) is 0 Å². The molecule has 84 valence electrons. The van der Waals surface area contributed by atoms with Gasteiger partial charge in [-0.05, 0) is 44.9 Å². The van der Waals surface area contributed by atoms with Crippen LogP contribution in [0.4, 0.5) is 0 Å². The number of hydrogen-bond acceptors (Lipinski definition) is 3. The molecule has 0 amide bonds. The van der Waals surface area contributed by atoms with Gasteiger partial charge in [-0.3, -0.25) is 0 Å². The molecule has 1 N–H and O–H groups in total. The van der Waals surface area contributed by atoms with Gasteiger partial charge in [-0.25, -0.2) is 0 Å². The molecule has 1 atom stereocenters. The molecular weight excluding hydrogens is 176 g/mol. The fraction of sp³-hybridized carbons (Fsp3) is 1.00. The van der Waals surface area contributed by atoms with Gasteiger partial charge in [0.15, 0.2) is 0 Å². The lowest BCUT2D eigenvalue weighted by molar-refractivity contribution is 0.194. The van der Waals surface area contributed by atoms with E-state index < -0.39 is 0 Å². The second-order valence-electron chi connectivity index (χ2n) is 4.10. The monoisotopic (exact) mass is 200 g/mol. The van der Waals surface area contributed by atoms with Crippen LogP contribution in [-0.4, -0.2) is 51.3 Å². The summed E-state index contributed by atoms with van der Waals surface area (Å²) in [5.74, 6) is 0.873. The van der Waals surface area contributed by atoms with Gasteiger partial charge >= 0.3 is 0 Å². The summed E-state index contributed by atoms with van der Waals surface area (Å²) in [5.41, 5.74) is 0. The number of likely N-dealkylation sites (tertiary alicyclic amines) is 1. The molecule has 1 unspecified atom stereocenters. The summed E-state index contributed by atoms with van der Waals surface area (Å²) in [6.45, 7) is 9.18. The second kappa shape index (κ2) is 7.21. The maximum Gasteiger partial charge on any atom is 0.0474 e. The number of rotatable bonds is 7. The minimum atomic E-state index is 0.873. The van der Waals surface area contributed by atoms with E-state index in [-0.39, 0.29) is 0 Å². The maximum atomic E-state index is 5.00. The van der Waals surface area contributed by atoms with Gasteiger partial charge in [0.2, 0.25) is 0 Å². The van der Waals surface area contributed by atoms with Crippen molar-refractivity contribution in [2.45, 2.75) is 19.8 Å². The zero-order valence-corrected chi connectivity index (χ0v) is 9.59. The van der Waals surface area contributed by atoms with E-state index in [1.807, 2.05) is 0 Å². The van der Waals surface area contributed by atoms with Gasteiger partial charge in [0.25, 0.3) is 0 Å². The molecule has 1 rings (SSSR count). The molecule has 14 heavy (non-hydrogen) atoms. The van der Waals surface area contributed by atoms with Gasteiger partial charge in [-0.1, -0.05) is 6.92 Å². The Morgan fingerprint density at radius 2 is 2.36 bits per heavy atom. The molecule has 1 heterocycles. The number of nitrogens with zero attached hydrogens (tertiary/aromatic N) is 1.